The predicted octanol–water partition coefficient (Wildman–Crippen LogP) is 3.46. The summed E-state index contributed by atoms with van der Waals surface area (Å²) in [6, 6.07) is 10.1. The number of nitrogens with zero attached hydrogens (tertiary/aromatic N) is 2. The summed E-state index contributed by atoms with van der Waals surface area (Å²) in [7, 11) is 0. The van der Waals surface area contributed by atoms with Crippen LogP contribution in [0.25, 0.3) is 5.69 Å². The minimum atomic E-state index is 0.118. The Morgan fingerprint density at radius 1 is 1.30 bits per heavy atom. The molecule has 120 valence electrons. The third-order valence-corrected chi connectivity index (χ3v) is 4.46. The topological polar surface area (TPSA) is 46.9 Å². The Kier molecular flexibility index (Phi) is 4.60. The van der Waals surface area contributed by atoms with Gasteiger partial charge in [0.1, 0.15) is 0 Å². The van der Waals surface area contributed by atoms with Gasteiger partial charge in [-0.25, -0.2) is 4.68 Å². The van der Waals surface area contributed by atoms with E-state index in [1.807, 2.05) is 48.9 Å². The van der Waals surface area contributed by atoms with Gasteiger partial charge in [0, 0.05) is 24.2 Å². The van der Waals surface area contributed by atoms with Gasteiger partial charge in [-0.15, -0.1) is 0 Å². The third kappa shape index (κ3) is 3.52. The molecule has 1 heterocycles. The van der Waals surface area contributed by atoms with Gasteiger partial charge in [0.2, 0.25) is 5.91 Å². The number of carbonyl (C=O) groups excluding carboxylic acids is 1. The second-order valence-corrected chi connectivity index (χ2v) is 6.14. The van der Waals surface area contributed by atoms with Gasteiger partial charge in [-0.05, 0) is 44.7 Å². The van der Waals surface area contributed by atoms with E-state index in [9.17, 15) is 4.79 Å². The zero-order valence-electron chi connectivity index (χ0n) is 13.7. The summed E-state index contributed by atoms with van der Waals surface area (Å²) in [5.74, 6) is 0.525. The first-order valence-corrected chi connectivity index (χ1v) is 8.19. The summed E-state index contributed by atoms with van der Waals surface area (Å²) >= 11 is 0. The Balaban J connectivity index is 1.67. The first-order chi connectivity index (χ1) is 11.1. The number of aryl methyl sites for hydroxylation is 1. The van der Waals surface area contributed by atoms with Crippen molar-refractivity contribution in [1.82, 2.24) is 15.1 Å². The van der Waals surface area contributed by atoms with Crippen molar-refractivity contribution in [2.75, 3.05) is 0 Å². The van der Waals surface area contributed by atoms with E-state index in [2.05, 4.69) is 22.6 Å². The van der Waals surface area contributed by atoms with Crippen molar-refractivity contribution in [2.24, 2.45) is 5.92 Å². The number of hydrogen-bond acceptors (Lipinski definition) is 2. The Labute approximate surface area is 137 Å². The molecule has 4 heteroatoms. The standard InChI is InChI=1S/C19H23N3O/c1-14-18(13-20-19(23)12-16-8-6-7-9-16)15(2)22(21-14)17-10-4-3-5-11-17/h3-6,8,10-11,16H,7,9,12-13H2,1-2H3,(H,20,23)/t16-/m1/s1. The van der Waals surface area contributed by atoms with Crippen molar-refractivity contribution >= 4 is 5.91 Å². The number of aromatic nitrogens is 2. The summed E-state index contributed by atoms with van der Waals surface area (Å²) in [6.07, 6.45) is 7.10. The van der Waals surface area contributed by atoms with Gasteiger partial charge in [0.15, 0.2) is 0 Å². The molecule has 2 aromatic rings. The van der Waals surface area contributed by atoms with Gasteiger partial charge in [-0.1, -0.05) is 30.4 Å². The SMILES string of the molecule is Cc1nn(-c2ccccc2)c(C)c1CNC(=O)C[C@@H]1C=CCC1. The highest BCUT2D eigenvalue weighted by molar-refractivity contribution is 5.76. The Morgan fingerprint density at radius 2 is 2.09 bits per heavy atom. The van der Waals surface area contributed by atoms with E-state index in [4.69, 9.17) is 0 Å². The van der Waals surface area contributed by atoms with Gasteiger partial charge in [-0.3, -0.25) is 4.79 Å². The number of hydrogen-bond donors (Lipinski definition) is 1. The maximum Gasteiger partial charge on any atom is 0.220 e. The van der Waals surface area contributed by atoms with Crippen LogP contribution in [-0.2, 0) is 11.3 Å². The van der Waals surface area contributed by atoms with Crippen LogP contribution in [0.4, 0.5) is 0 Å². The van der Waals surface area contributed by atoms with Gasteiger partial charge in [-0.2, -0.15) is 5.10 Å². The summed E-state index contributed by atoms with van der Waals surface area (Å²) in [6.45, 7) is 4.58. The fourth-order valence-electron chi connectivity index (χ4n) is 3.11. The second-order valence-electron chi connectivity index (χ2n) is 6.14. The highest BCUT2D eigenvalue weighted by Crippen LogP contribution is 2.21. The molecule has 3 rings (SSSR count). The molecule has 0 saturated carbocycles. The molecule has 1 aliphatic rings. The lowest BCUT2D eigenvalue weighted by molar-refractivity contribution is -0.121. The van der Waals surface area contributed by atoms with Crippen molar-refractivity contribution < 1.29 is 4.79 Å². The maximum absolute atomic E-state index is 12.1. The van der Waals surface area contributed by atoms with Gasteiger partial charge < -0.3 is 5.32 Å². The normalized spacial score (nSPS) is 16.7. The fourth-order valence-corrected chi connectivity index (χ4v) is 3.11. The first kappa shape index (κ1) is 15.5. The molecular formula is C19H23N3O. The lowest BCUT2D eigenvalue weighted by Crippen LogP contribution is -2.24. The Morgan fingerprint density at radius 3 is 2.78 bits per heavy atom. The van der Waals surface area contributed by atoms with Crippen LogP contribution in [0.1, 0.15) is 36.2 Å². The van der Waals surface area contributed by atoms with Crippen molar-refractivity contribution in [2.45, 2.75) is 39.7 Å². The molecule has 0 bridgehead atoms. The molecule has 1 atom stereocenters. The zero-order valence-corrected chi connectivity index (χ0v) is 13.7. The van der Waals surface area contributed by atoms with Crippen LogP contribution in [0.5, 0.6) is 0 Å². The van der Waals surface area contributed by atoms with Crippen molar-refractivity contribution in [3.8, 4) is 5.69 Å². The largest absolute Gasteiger partial charge is 0.352 e. The number of para-hydroxylation sites is 1. The molecule has 1 aromatic carbocycles. The van der Waals surface area contributed by atoms with Crippen LogP contribution in [-0.4, -0.2) is 15.7 Å². The average molecular weight is 309 g/mol. The number of carbonyl (C=O) groups is 1. The third-order valence-electron chi connectivity index (χ3n) is 4.46. The number of benzene rings is 1. The Bertz CT molecular complexity index is 716. The van der Waals surface area contributed by atoms with Crippen LogP contribution < -0.4 is 5.32 Å². The zero-order chi connectivity index (χ0) is 16.2. The van der Waals surface area contributed by atoms with E-state index in [1.54, 1.807) is 0 Å². The lowest BCUT2D eigenvalue weighted by atomic mass is 10.0. The average Bonchev–Trinajstić information content (AvgIpc) is 3.15. The van der Waals surface area contributed by atoms with E-state index in [0.717, 1.165) is 35.5 Å². The molecule has 1 amide bonds. The van der Waals surface area contributed by atoms with E-state index in [0.29, 0.717) is 18.9 Å². The number of rotatable bonds is 5. The highest BCUT2D eigenvalue weighted by atomic mass is 16.1. The maximum atomic E-state index is 12.1. The number of allylic oxidation sites excluding steroid dienone is 2. The minimum absolute atomic E-state index is 0.118. The van der Waals surface area contributed by atoms with E-state index in [1.165, 1.54) is 0 Å². The molecular weight excluding hydrogens is 286 g/mol. The second kappa shape index (κ2) is 6.82. The van der Waals surface area contributed by atoms with Gasteiger partial charge >= 0.3 is 0 Å². The smallest absolute Gasteiger partial charge is 0.220 e. The molecule has 0 spiro atoms. The predicted molar refractivity (Wildman–Crippen MR) is 91.4 cm³/mol. The van der Waals surface area contributed by atoms with Gasteiger partial charge in [0.25, 0.3) is 0 Å². The lowest BCUT2D eigenvalue weighted by Gasteiger charge is -2.09. The monoisotopic (exact) mass is 309 g/mol. The highest BCUT2D eigenvalue weighted by Gasteiger charge is 2.16. The van der Waals surface area contributed by atoms with Crippen molar-refractivity contribution in [3.63, 3.8) is 0 Å². The molecule has 0 saturated heterocycles. The van der Waals surface area contributed by atoms with Crippen molar-refractivity contribution in [1.29, 1.82) is 0 Å². The Hall–Kier alpha value is -2.36. The fraction of sp³-hybridized carbons (Fsp3) is 0.368. The summed E-state index contributed by atoms with van der Waals surface area (Å²) in [5.41, 5.74) is 4.19. The molecule has 1 aromatic heterocycles. The molecule has 1 N–H and O–H groups in total. The molecule has 0 radical (unpaired) electrons. The van der Waals surface area contributed by atoms with Crippen LogP contribution >= 0.6 is 0 Å². The van der Waals surface area contributed by atoms with E-state index < -0.39 is 0 Å². The summed E-state index contributed by atoms with van der Waals surface area (Å²) in [4.78, 5) is 12.1. The number of nitrogens with one attached hydrogen (secondary N) is 1. The first-order valence-electron chi connectivity index (χ1n) is 8.19. The van der Waals surface area contributed by atoms with Crippen LogP contribution in [0.3, 0.4) is 0 Å². The molecule has 4 nitrogen and oxygen atoms in total. The summed E-state index contributed by atoms with van der Waals surface area (Å²) < 4.78 is 1.94. The van der Waals surface area contributed by atoms with Crippen LogP contribution in [0, 0.1) is 19.8 Å². The summed E-state index contributed by atoms with van der Waals surface area (Å²) in [5, 5.41) is 7.66. The van der Waals surface area contributed by atoms with E-state index in [-0.39, 0.29) is 5.91 Å². The van der Waals surface area contributed by atoms with E-state index >= 15 is 0 Å². The molecule has 0 fully saturated rings. The minimum Gasteiger partial charge on any atom is -0.352 e. The number of amides is 1. The molecule has 1 aliphatic carbocycles. The van der Waals surface area contributed by atoms with Gasteiger partial charge in [0.05, 0.1) is 11.4 Å². The van der Waals surface area contributed by atoms with Crippen LogP contribution in [0.15, 0.2) is 42.5 Å². The molecule has 0 unspecified atom stereocenters. The molecule has 23 heavy (non-hydrogen) atoms. The molecule has 0 aliphatic heterocycles. The quantitative estimate of drug-likeness (QED) is 0.860. The van der Waals surface area contributed by atoms with Crippen molar-refractivity contribution in [3.05, 3.63) is 59.4 Å². The van der Waals surface area contributed by atoms with Crippen LogP contribution in [0.2, 0.25) is 0 Å².